The maximum atomic E-state index is 12.5. The van der Waals surface area contributed by atoms with E-state index in [9.17, 15) is 14.9 Å². The second-order valence-electron chi connectivity index (χ2n) is 5.53. The van der Waals surface area contributed by atoms with Gasteiger partial charge in [0.25, 0.3) is 11.6 Å². The van der Waals surface area contributed by atoms with Gasteiger partial charge in [0, 0.05) is 12.1 Å². The van der Waals surface area contributed by atoms with Crippen molar-refractivity contribution in [2.24, 2.45) is 5.92 Å². The Balaban J connectivity index is 0.00000288. The number of halogens is 1. The van der Waals surface area contributed by atoms with Gasteiger partial charge in [-0.05, 0) is 25.4 Å². The van der Waals surface area contributed by atoms with Gasteiger partial charge in [-0.3, -0.25) is 14.9 Å². The molecule has 1 amide bonds. The summed E-state index contributed by atoms with van der Waals surface area (Å²) >= 11 is 0. The van der Waals surface area contributed by atoms with Crippen LogP contribution in [0.1, 0.15) is 23.7 Å². The molecular formula is C15H22ClN3O5. The number of rotatable bonds is 5. The van der Waals surface area contributed by atoms with Crippen molar-refractivity contribution in [1.29, 1.82) is 0 Å². The van der Waals surface area contributed by atoms with Crippen molar-refractivity contribution in [2.75, 3.05) is 27.3 Å². The number of carbonyl (C=O) groups is 1. The van der Waals surface area contributed by atoms with E-state index in [2.05, 4.69) is 10.6 Å². The average molecular weight is 360 g/mol. The maximum Gasteiger partial charge on any atom is 0.286 e. The predicted octanol–water partition coefficient (Wildman–Crippen LogP) is 1.76. The number of nitrogens with zero attached hydrogens (tertiary/aromatic N) is 1. The van der Waals surface area contributed by atoms with Crippen molar-refractivity contribution < 1.29 is 19.2 Å². The summed E-state index contributed by atoms with van der Waals surface area (Å²) in [6, 6.07) is 2.54. The van der Waals surface area contributed by atoms with Gasteiger partial charge in [-0.1, -0.05) is 6.92 Å². The molecule has 0 aliphatic carbocycles. The van der Waals surface area contributed by atoms with E-state index >= 15 is 0 Å². The van der Waals surface area contributed by atoms with Crippen molar-refractivity contribution in [3.63, 3.8) is 0 Å². The lowest BCUT2D eigenvalue weighted by Gasteiger charge is -2.30. The molecule has 2 unspecified atom stereocenters. The number of hydrogen-bond acceptors (Lipinski definition) is 6. The summed E-state index contributed by atoms with van der Waals surface area (Å²) < 4.78 is 10.2. The zero-order valence-corrected chi connectivity index (χ0v) is 14.6. The summed E-state index contributed by atoms with van der Waals surface area (Å²) in [5.74, 6) is 0.274. The Morgan fingerprint density at radius 2 is 1.96 bits per heavy atom. The smallest absolute Gasteiger partial charge is 0.286 e. The molecule has 2 atom stereocenters. The number of methoxy groups -OCH3 is 2. The molecular weight excluding hydrogens is 338 g/mol. The summed E-state index contributed by atoms with van der Waals surface area (Å²) in [6.45, 7) is 3.64. The molecule has 2 N–H and O–H groups in total. The lowest BCUT2D eigenvalue weighted by molar-refractivity contribution is -0.385. The van der Waals surface area contributed by atoms with Crippen LogP contribution >= 0.6 is 12.4 Å². The van der Waals surface area contributed by atoms with E-state index in [1.807, 2.05) is 6.92 Å². The number of nitro groups is 1. The Bertz CT molecular complexity index is 611. The molecule has 1 aromatic rings. The minimum atomic E-state index is -0.595. The van der Waals surface area contributed by atoms with Crippen LogP contribution < -0.4 is 20.1 Å². The fourth-order valence-corrected chi connectivity index (χ4v) is 2.68. The van der Waals surface area contributed by atoms with Crippen LogP contribution in [0.25, 0.3) is 0 Å². The first-order chi connectivity index (χ1) is 11.0. The third-order valence-electron chi connectivity index (χ3n) is 4.05. The summed E-state index contributed by atoms with van der Waals surface area (Å²) in [4.78, 5) is 23.2. The molecule has 1 aromatic carbocycles. The van der Waals surface area contributed by atoms with E-state index in [4.69, 9.17) is 9.47 Å². The molecule has 0 saturated carbocycles. The number of ether oxygens (including phenoxy) is 2. The molecule has 1 fully saturated rings. The standard InChI is InChI=1S/C15H21N3O5.ClH/c1-9-8-16-5-4-11(9)17-15(19)10-6-13(22-2)14(23-3)7-12(10)18(20)21;/h6-7,9,11,16H,4-5,8H2,1-3H3,(H,17,19);1H. The van der Waals surface area contributed by atoms with Crippen molar-refractivity contribution in [3.8, 4) is 11.5 Å². The molecule has 1 aliphatic heterocycles. The third-order valence-corrected chi connectivity index (χ3v) is 4.05. The monoisotopic (exact) mass is 359 g/mol. The highest BCUT2D eigenvalue weighted by Crippen LogP contribution is 2.34. The average Bonchev–Trinajstić information content (AvgIpc) is 2.55. The van der Waals surface area contributed by atoms with Gasteiger partial charge >= 0.3 is 0 Å². The number of hydrogen-bond donors (Lipinski definition) is 2. The van der Waals surface area contributed by atoms with Crippen molar-refractivity contribution >= 4 is 24.0 Å². The molecule has 9 heteroatoms. The van der Waals surface area contributed by atoms with Gasteiger partial charge in [-0.25, -0.2) is 0 Å². The number of benzene rings is 1. The first kappa shape index (κ1) is 20.0. The van der Waals surface area contributed by atoms with Crippen LogP contribution in [-0.2, 0) is 0 Å². The van der Waals surface area contributed by atoms with Crippen LogP contribution in [-0.4, -0.2) is 44.2 Å². The minimum absolute atomic E-state index is 0. The summed E-state index contributed by atoms with van der Waals surface area (Å²) in [5, 5.41) is 17.4. The normalized spacial score (nSPS) is 19.8. The van der Waals surface area contributed by atoms with Crippen molar-refractivity contribution in [2.45, 2.75) is 19.4 Å². The molecule has 0 spiro atoms. The van der Waals surface area contributed by atoms with Gasteiger partial charge in [-0.2, -0.15) is 0 Å². The van der Waals surface area contributed by atoms with Gasteiger partial charge in [0.15, 0.2) is 11.5 Å². The van der Waals surface area contributed by atoms with E-state index in [0.717, 1.165) is 19.5 Å². The second-order valence-corrected chi connectivity index (χ2v) is 5.53. The summed E-state index contributed by atoms with van der Waals surface area (Å²) in [6.07, 6.45) is 0.786. The molecule has 1 aliphatic rings. The highest BCUT2D eigenvalue weighted by molar-refractivity contribution is 5.99. The van der Waals surface area contributed by atoms with Crippen LogP contribution in [0.5, 0.6) is 11.5 Å². The topological polar surface area (TPSA) is 103 Å². The summed E-state index contributed by atoms with van der Waals surface area (Å²) in [7, 11) is 2.80. The fraction of sp³-hybridized carbons (Fsp3) is 0.533. The van der Waals surface area contributed by atoms with E-state index in [0.29, 0.717) is 0 Å². The lowest BCUT2D eigenvalue weighted by Crippen LogP contribution is -2.48. The van der Waals surface area contributed by atoms with Gasteiger partial charge in [0.05, 0.1) is 25.2 Å². The number of amides is 1. The highest BCUT2D eigenvalue weighted by atomic mass is 35.5. The van der Waals surface area contributed by atoms with Crippen LogP contribution in [0.3, 0.4) is 0 Å². The third kappa shape index (κ3) is 4.27. The Labute approximate surface area is 146 Å². The molecule has 8 nitrogen and oxygen atoms in total. The van der Waals surface area contributed by atoms with Gasteiger partial charge in [0.2, 0.25) is 0 Å². The fourth-order valence-electron chi connectivity index (χ4n) is 2.68. The van der Waals surface area contributed by atoms with Crippen molar-refractivity contribution in [1.82, 2.24) is 10.6 Å². The first-order valence-corrected chi connectivity index (χ1v) is 7.40. The van der Waals surface area contributed by atoms with E-state index in [1.165, 1.54) is 26.4 Å². The molecule has 134 valence electrons. The van der Waals surface area contributed by atoms with E-state index < -0.39 is 10.8 Å². The van der Waals surface area contributed by atoms with Crippen molar-refractivity contribution in [3.05, 3.63) is 27.8 Å². The number of carbonyl (C=O) groups excluding carboxylic acids is 1. The SMILES string of the molecule is COc1cc(C(=O)NC2CCNCC2C)c([N+](=O)[O-])cc1OC.Cl. The molecule has 0 radical (unpaired) electrons. The molecule has 0 bridgehead atoms. The molecule has 1 heterocycles. The zero-order chi connectivity index (χ0) is 17.0. The van der Waals surface area contributed by atoms with Crippen LogP contribution in [0.15, 0.2) is 12.1 Å². The Kier molecular flexibility index (Phi) is 7.24. The second kappa shape index (κ2) is 8.70. The Morgan fingerprint density at radius 3 is 2.50 bits per heavy atom. The maximum absolute atomic E-state index is 12.5. The van der Waals surface area contributed by atoms with Gasteiger partial charge in [-0.15, -0.1) is 12.4 Å². The van der Waals surface area contributed by atoms with Gasteiger partial charge < -0.3 is 20.1 Å². The quantitative estimate of drug-likeness (QED) is 0.613. The minimum Gasteiger partial charge on any atom is -0.493 e. The van der Waals surface area contributed by atoms with E-state index in [1.54, 1.807) is 0 Å². The molecule has 24 heavy (non-hydrogen) atoms. The largest absolute Gasteiger partial charge is 0.493 e. The molecule has 2 rings (SSSR count). The first-order valence-electron chi connectivity index (χ1n) is 7.40. The number of nitro benzene ring substituents is 1. The Hall–Kier alpha value is -2.06. The zero-order valence-electron chi connectivity index (χ0n) is 13.8. The summed E-state index contributed by atoms with van der Waals surface area (Å²) in [5.41, 5.74) is -0.333. The van der Waals surface area contributed by atoms with Crippen LogP contribution in [0, 0.1) is 16.0 Å². The van der Waals surface area contributed by atoms with E-state index in [-0.39, 0.29) is 47.1 Å². The lowest BCUT2D eigenvalue weighted by atomic mass is 9.95. The molecule has 1 saturated heterocycles. The molecule has 0 aromatic heterocycles. The number of nitrogens with one attached hydrogen (secondary N) is 2. The van der Waals surface area contributed by atoms with Crippen LogP contribution in [0.2, 0.25) is 0 Å². The Morgan fingerprint density at radius 1 is 1.33 bits per heavy atom. The highest BCUT2D eigenvalue weighted by Gasteiger charge is 2.28. The van der Waals surface area contributed by atoms with Crippen LogP contribution in [0.4, 0.5) is 5.69 Å². The van der Waals surface area contributed by atoms with Gasteiger partial charge in [0.1, 0.15) is 5.56 Å². The predicted molar refractivity (Wildman–Crippen MR) is 91.4 cm³/mol. The number of piperidine rings is 1.